The van der Waals surface area contributed by atoms with Crippen molar-refractivity contribution >= 4 is 11.9 Å². The Labute approximate surface area is 154 Å². The SMILES string of the molecule is CCCCCCCC/C=C/CCCCCCCC(=O)OCC(=O)OC. The van der Waals surface area contributed by atoms with Gasteiger partial charge in [0.05, 0.1) is 7.11 Å². The van der Waals surface area contributed by atoms with Gasteiger partial charge in [-0.15, -0.1) is 0 Å². The summed E-state index contributed by atoms with van der Waals surface area (Å²) in [5.74, 6) is -0.832. The summed E-state index contributed by atoms with van der Waals surface area (Å²) in [5.41, 5.74) is 0. The Morgan fingerprint density at radius 1 is 0.720 bits per heavy atom. The van der Waals surface area contributed by atoms with E-state index in [-0.39, 0.29) is 12.6 Å². The van der Waals surface area contributed by atoms with Crippen LogP contribution in [-0.4, -0.2) is 25.7 Å². The first-order chi connectivity index (χ1) is 12.2. The summed E-state index contributed by atoms with van der Waals surface area (Å²) in [7, 11) is 1.28. The van der Waals surface area contributed by atoms with Crippen molar-refractivity contribution < 1.29 is 19.1 Å². The number of hydrogen-bond donors (Lipinski definition) is 0. The van der Waals surface area contributed by atoms with Gasteiger partial charge in [-0.05, 0) is 32.1 Å². The number of methoxy groups -OCH3 is 1. The Bertz CT molecular complexity index is 350. The van der Waals surface area contributed by atoms with Gasteiger partial charge in [0.2, 0.25) is 0 Å². The van der Waals surface area contributed by atoms with E-state index in [0.717, 1.165) is 25.7 Å². The van der Waals surface area contributed by atoms with Gasteiger partial charge in [0, 0.05) is 6.42 Å². The zero-order valence-electron chi connectivity index (χ0n) is 16.4. The van der Waals surface area contributed by atoms with Gasteiger partial charge in [0.25, 0.3) is 0 Å². The highest BCUT2D eigenvalue weighted by atomic mass is 16.6. The number of allylic oxidation sites excluding steroid dienone is 2. The molecule has 0 heterocycles. The molecule has 0 atom stereocenters. The first-order valence-corrected chi connectivity index (χ1v) is 10.1. The molecule has 4 nitrogen and oxygen atoms in total. The summed E-state index contributed by atoms with van der Waals surface area (Å²) in [5, 5.41) is 0. The van der Waals surface area contributed by atoms with Gasteiger partial charge in [-0.25, -0.2) is 4.79 Å². The third kappa shape index (κ3) is 18.9. The van der Waals surface area contributed by atoms with Crippen molar-refractivity contribution in [1.29, 1.82) is 0 Å². The summed E-state index contributed by atoms with van der Waals surface area (Å²) < 4.78 is 9.20. The van der Waals surface area contributed by atoms with Gasteiger partial charge in [-0.1, -0.05) is 70.4 Å². The van der Waals surface area contributed by atoms with Crippen molar-refractivity contribution in [2.45, 2.75) is 96.8 Å². The summed E-state index contributed by atoms with van der Waals surface area (Å²) in [4.78, 5) is 22.2. The predicted molar refractivity (Wildman–Crippen MR) is 102 cm³/mol. The minimum absolute atomic E-state index is 0.277. The Kier molecular flexibility index (Phi) is 18.0. The molecule has 0 aliphatic heterocycles. The fraction of sp³-hybridized carbons (Fsp3) is 0.810. The maximum Gasteiger partial charge on any atom is 0.344 e. The van der Waals surface area contributed by atoms with Crippen LogP contribution in [0.4, 0.5) is 0 Å². The molecule has 0 spiro atoms. The molecule has 0 amide bonds. The molecule has 0 saturated carbocycles. The minimum Gasteiger partial charge on any atom is -0.466 e. The molecule has 0 bridgehead atoms. The highest BCUT2D eigenvalue weighted by molar-refractivity contribution is 5.76. The fourth-order valence-corrected chi connectivity index (χ4v) is 2.61. The summed E-state index contributed by atoms with van der Waals surface area (Å²) in [6.07, 6.45) is 21.0. The van der Waals surface area contributed by atoms with E-state index in [2.05, 4.69) is 23.8 Å². The Hall–Kier alpha value is -1.32. The number of ether oxygens (including phenoxy) is 2. The van der Waals surface area contributed by atoms with Crippen LogP contribution in [0.3, 0.4) is 0 Å². The third-order valence-electron chi connectivity index (χ3n) is 4.22. The van der Waals surface area contributed by atoms with Crippen molar-refractivity contribution in [3.05, 3.63) is 12.2 Å². The standard InChI is InChI=1S/C21H38O4/c1-3-4-5-6-7-8-9-10-11-12-13-14-15-16-17-18-20(22)25-19-21(23)24-2/h10-11H,3-9,12-19H2,1-2H3/b11-10+. The summed E-state index contributed by atoms with van der Waals surface area (Å²) in [6.45, 7) is 1.98. The van der Waals surface area contributed by atoms with Crippen LogP contribution < -0.4 is 0 Å². The van der Waals surface area contributed by atoms with Crippen molar-refractivity contribution in [1.82, 2.24) is 0 Å². The van der Waals surface area contributed by atoms with E-state index in [4.69, 9.17) is 4.74 Å². The third-order valence-corrected chi connectivity index (χ3v) is 4.22. The largest absolute Gasteiger partial charge is 0.466 e. The number of unbranched alkanes of at least 4 members (excludes halogenated alkanes) is 11. The lowest BCUT2D eigenvalue weighted by Gasteiger charge is -2.03. The van der Waals surface area contributed by atoms with E-state index < -0.39 is 5.97 Å². The van der Waals surface area contributed by atoms with Crippen molar-refractivity contribution in [2.24, 2.45) is 0 Å². The van der Waals surface area contributed by atoms with Crippen LogP contribution in [0.2, 0.25) is 0 Å². The topological polar surface area (TPSA) is 52.6 Å². The van der Waals surface area contributed by atoms with Crippen molar-refractivity contribution in [3.8, 4) is 0 Å². The molecule has 0 aromatic rings. The number of carbonyl (C=O) groups is 2. The van der Waals surface area contributed by atoms with E-state index in [1.165, 1.54) is 64.9 Å². The van der Waals surface area contributed by atoms with Crippen molar-refractivity contribution in [3.63, 3.8) is 0 Å². The van der Waals surface area contributed by atoms with Gasteiger partial charge in [-0.3, -0.25) is 4.79 Å². The van der Waals surface area contributed by atoms with Crippen LogP contribution >= 0.6 is 0 Å². The Morgan fingerprint density at radius 3 is 1.80 bits per heavy atom. The molecular weight excluding hydrogens is 316 g/mol. The molecule has 0 saturated heterocycles. The molecule has 0 rings (SSSR count). The molecule has 0 N–H and O–H groups in total. The molecule has 25 heavy (non-hydrogen) atoms. The summed E-state index contributed by atoms with van der Waals surface area (Å²) >= 11 is 0. The van der Waals surface area contributed by atoms with Crippen LogP contribution in [0, 0.1) is 0 Å². The molecule has 0 aliphatic carbocycles. The highest BCUT2D eigenvalue weighted by Gasteiger charge is 2.06. The second kappa shape index (κ2) is 19.0. The van der Waals surface area contributed by atoms with Crippen LogP contribution in [0.15, 0.2) is 12.2 Å². The maximum absolute atomic E-state index is 11.4. The number of esters is 2. The molecule has 4 heteroatoms. The number of hydrogen-bond acceptors (Lipinski definition) is 4. The minimum atomic E-state index is -0.516. The molecule has 146 valence electrons. The van der Waals surface area contributed by atoms with Crippen LogP contribution in [0.1, 0.15) is 96.8 Å². The zero-order chi connectivity index (χ0) is 18.6. The monoisotopic (exact) mass is 354 g/mol. The van der Waals surface area contributed by atoms with Crippen LogP contribution in [0.5, 0.6) is 0 Å². The second-order valence-corrected chi connectivity index (χ2v) is 6.57. The molecule has 0 radical (unpaired) electrons. The number of carbonyl (C=O) groups excluding carboxylic acids is 2. The van der Waals surface area contributed by atoms with Gasteiger partial charge in [-0.2, -0.15) is 0 Å². The quantitative estimate of drug-likeness (QED) is 0.190. The molecule has 0 aliphatic rings. The molecule has 0 fully saturated rings. The van der Waals surface area contributed by atoms with Crippen molar-refractivity contribution in [2.75, 3.05) is 13.7 Å². The van der Waals surface area contributed by atoms with E-state index in [1.54, 1.807) is 0 Å². The van der Waals surface area contributed by atoms with E-state index >= 15 is 0 Å². The van der Waals surface area contributed by atoms with Gasteiger partial charge in [0.15, 0.2) is 6.61 Å². The highest BCUT2D eigenvalue weighted by Crippen LogP contribution is 2.10. The molecule has 0 aromatic carbocycles. The van der Waals surface area contributed by atoms with Gasteiger partial charge in [0.1, 0.15) is 0 Å². The summed E-state index contributed by atoms with van der Waals surface area (Å²) in [6, 6.07) is 0. The predicted octanol–water partition coefficient (Wildman–Crippen LogP) is 5.74. The first-order valence-electron chi connectivity index (χ1n) is 10.1. The maximum atomic E-state index is 11.4. The Morgan fingerprint density at radius 2 is 1.24 bits per heavy atom. The lowest BCUT2D eigenvalue weighted by Crippen LogP contribution is -2.14. The molecular formula is C21H38O4. The van der Waals surface area contributed by atoms with Crippen LogP contribution in [-0.2, 0) is 19.1 Å². The van der Waals surface area contributed by atoms with Crippen LogP contribution in [0.25, 0.3) is 0 Å². The smallest absolute Gasteiger partial charge is 0.344 e. The molecule has 0 aromatic heterocycles. The lowest BCUT2D eigenvalue weighted by atomic mass is 10.1. The number of rotatable bonds is 17. The second-order valence-electron chi connectivity index (χ2n) is 6.57. The lowest BCUT2D eigenvalue weighted by molar-refractivity contribution is -0.157. The van der Waals surface area contributed by atoms with E-state index in [0.29, 0.717) is 6.42 Å². The first kappa shape index (κ1) is 23.7. The average Bonchev–Trinajstić information content (AvgIpc) is 2.62. The van der Waals surface area contributed by atoms with E-state index in [9.17, 15) is 9.59 Å². The normalized spacial score (nSPS) is 11.0. The van der Waals surface area contributed by atoms with Gasteiger partial charge >= 0.3 is 11.9 Å². The van der Waals surface area contributed by atoms with Gasteiger partial charge < -0.3 is 9.47 Å². The van der Waals surface area contributed by atoms with E-state index in [1.807, 2.05) is 0 Å². The molecule has 0 unspecified atom stereocenters. The Balaban J connectivity index is 3.24. The zero-order valence-corrected chi connectivity index (χ0v) is 16.4. The fourth-order valence-electron chi connectivity index (χ4n) is 2.61. The average molecular weight is 355 g/mol.